The molecule has 0 saturated heterocycles. The van der Waals surface area contributed by atoms with Gasteiger partial charge in [-0.25, -0.2) is 0 Å². The SMILES string of the molecule is CCCCCOc1ccc(C(=O)NC(=S)NCc2ccc(OCCCC)c(OC)c2)cc1. The molecule has 6 nitrogen and oxygen atoms in total. The number of carbonyl (C=O) groups excluding carboxylic acids is 1. The second-order valence-electron chi connectivity index (χ2n) is 7.40. The van der Waals surface area contributed by atoms with E-state index in [2.05, 4.69) is 24.5 Å². The van der Waals surface area contributed by atoms with Crippen LogP contribution in [0.3, 0.4) is 0 Å². The molecule has 2 N–H and O–H groups in total. The molecule has 2 aromatic carbocycles. The van der Waals surface area contributed by atoms with Gasteiger partial charge in [0.05, 0.1) is 20.3 Å². The van der Waals surface area contributed by atoms with Crippen molar-refractivity contribution in [2.75, 3.05) is 20.3 Å². The van der Waals surface area contributed by atoms with Crippen LogP contribution in [0.15, 0.2) is 42.5 Å². The Hall–Kier alpha value is -2.80. The van der Waals surface area contributed by atoms with E-state index < -0.39 is 0 Å². The zero-order chi connectivity index (χ0) is 23.2. The van der Waals surface area contributed by atoms with Crippen molar-refractivity contribution in [3.8, 4) is 17.2 Å². The lowest BCUT2D eigenvalue weighted by Gasteiger charge is -2.13. The Morgan fingerprint density at radius 1 is 0.906 bits per heavy atom. The molecule has 0 heterocycles. The number of hydrogen-bond acceptors (Lipinski definition) is 5. The van der Waals surface area contributed by atoms with Crippen LogP contribution in [0.4, 0.5) is 0 Å². The Balaban J connectivity index is 1.81. The molecule has 0 radical (unpaired) electrons. The number of nitrogens with one attached hydrogen (secondary N) is 2. The molecule has 2 rings (SSSR count). The molecule has 174 valence electrons. The molecular formula is C25H34N2O4S. The van der Waals surface area contributed by atoms with Crippen molar-refractivity contribution in [1.82, 2.24) is 10.6 Å². The van der Waals surface area contributed by atoms with E-state index in [1.807, 2.05) is 18.2 Å². The largest absolute Gasteiger partial charge is 0.494 e. The van der Waals surface area contributed by atoms with Gasteiger partial charge >= 0.3 is 0 Å². The minimum absolute atomic E-state index is 0.261. The topological polar surface area (TPSA) is 68.8 Å². The summed E-state index contributed by atoms with van der Waals surface area (Å²) in [5.41, 5.74) is 1.48. The van der Waals surface area contributed by atoms with Crippen molar-refractivity contribution >= 4 is 23.2 Å². The van der Waals surface area contributed by atoms with Crippen molar-refractivity contribution < 1.29 is 19.0 Å². The quantitative estimate of drug-likeness (QED) is 0.316. The molecule has 0 spiro atoms. The van der Waals surface area contributed by atoms with Crippen LogP contribution in [0.2, 0.25) is 0 Å². The van der Waals surface area contributed by atoms with Crippen LogP contribution in [0.5, 0.6) is 17.2 Å². The maximum absolute atomic E-state index is 12.4. The molecule has 32 heavy (non-hydrogen) atoms. The average Bonchev–Trinajstić information content (AvgIpc) is 2.81. The predicted molar refractivity (Wildman–Crippen MR) is 132 cm³/mol. The standard InChI is InChI=1S/C25H34N2O4S/c1-4-6-8-16-30-21-12-10-20(11-13-21)24(28)27-25(32)26-18-19-9-14-22(23(17-19)29-3)31-15-7-5-2/h9-14,17H,4-8,15-16,18H2,1-3H3,(H2,26,27,28,32). The minimum Gasteiger partial charge on any atom is -0.494 e. The molecule has 0 fully saturated rings. The lowest BCUT2D eigenvalue weighted by atomic mass is 10.2. The number of amides is 1. The fraction of sp³-hybridized carbons (Fsp3) is 0.440. The monoisotopic (exact) mass is 458 g/mol. The summed E-state index contributed by atoms with van der Waals surface area (Å²) in [4.78, 5) is 12.4. The van der Waals surface area contributed by atoms with Gasteiger partial charge in [0.2, 0.25) is 0 Å². The molecule has 2 aromatic rings. The summed E-state index contributed by atoms with van der Waals surface area (Å²) in [7, 11) is 1.62. The van der Waals surface area contributed by atoms with Crippen LogP contribution in [-0.4, -0.2) is 31.3 Å². The molecule has 0 aliphatic carbocycles. The van der Waals surface area contributed by atoms with Gasteiger partial charge in [-0.1, -0.05) is 39.2 Å². The fourth-order valence-corrected chi connectivity index (χ4v) is 3.08. The van der Waals surface area contributed by atoms with Crippen molar-refractivity contribution in [3.63, 3.8) is 0 Å². The number of carbonyl (C=O) groups is 1. The summed E-state index contributed by atoms with van der Waals surface area (Å²) in [6.45, 7) is 6.07. The summed E-state index contributed by atoms with van der Waals surface area (Å²) in [5.74, 6) is 1.89. The van der Waals surface area contributed by atoms with E-state index in [1.54, 1.807) is 31.4 Å². The second-order valence-corrected chi connectivity index (χ2v) is 7.81. The van der Waals surface area contributed by atoms with Crippen LogP contribution < -0.4 is 24.8 Å². The molecule has 0 aromatic heterocycles. The van der Waals surface area contributed by atoms with Crippen LogP contribution >= 0.6 is 12.2 Å². The minimum atomic E-state index is -0.266. The summed E-state index contributed by atoms with van der Waals surface area (Å²) < 4.78 is 16.9. The maximum Gasteiger partial charge on any atom is 0.257 e. The number of hydrogen-bond donors (Lipinski definition) is 2. The van der Waals surface area contributed by atoms with Gasteiger partial charge < -0.3 is 19.5 Å². The van der Waals surface area contributed by atoms with Gasteiger partial charge in [0, 0.05) is 12.1 Å². The first-order chi connectivity index (χ1) is 15.6. The third kappa shape index (κ3) is 8.75. The molecule has 7 heteroatoms. The van der Waals surface area contributed by atoms with E-state index in [0.717, 1.165) is 49.2 Å². The number of methoxy groups -OCH3 is 1. The van der Waals surface area contributed by atoms with E-state index in [-0.39, 0.29) is 11.0 Å². The smallest absolute Gasteiger partial charge is 0.257 e. The zero-order valence-corrected chi connectivity index (χ0v) is 20.1. The Morgan fingerprint density at radius 2 is 1.62 bits per heavy atom. The summed E-state index contributed by atoms with van der Waals surface area (Å²) in [5, 5.41) is 6.02. The van der Waals surface area contributed by atoms with E-state index in [0.29, 0.717) is 31.1 Å². The molecule has 0 aliphatic heterocycles. The number of unbranched alkanes of at least 4 members (excludes halogenated alkanes) is 3. The Labute approximate surface area is 196 Å². The molecule has 0 atom stereocenters. The first kappa shape index (κ1) is 25.5. The number of thiocarbonyl (C=S) groups is 1. The second kappa shape index (κ2) is 14.3. The van der Waals surface area contributed by atoms with Crippen LogP contribution in [-0.2, 0) is 6.54 Å². The summed E-state index contributed by atoms with van der Waals surface area (Å²) in [6, 6.07) is 12.8. The fourth-order valence-electron chi connectivity index (χ4n) is 2.91. The van der Waals surface area contributed by atoms with Crippen LogP contribution in [0, 0.1) is 0 Å². The number of rotatable bonds is 13. The Bertz CT molecular complexity index is 856. The molecular weight excluding hydrogens is 424 g/mol. The van der Waals surface area contributed by atoms with Gasteiger partial charge in [-0.3, -0.25) is 10.1 Å². The highest BCUT2D eigenvalue weighted by molar-refractivity contribution is 7.80. The third-order valence-corrected chi connectivity index (χ3v) is 5.04. The van der Waals surface area contributed by atoms with Crippen LogP contribution in [0.25, 0.3) is 0 Å². The Morgan fingerprint density at radius 3 is 2.31 bits per heavy atom. The van der Waals surface area contributed by atoms with Crippen molar-refractivity contribution in [3.05, 3.63) is 53.6 Å². The van der Waals surface area contributed by atoms with Gasteiger partial charge in [-0.15, -0.1) is 0 Å². The van der Waals surface area contributed by atoms with Gasteiger partial charge in [0.1, 0.15) is 5.75 Å². The summed E-state index contributed by atoms with van der Waals surface area (Å²) >= 11 is 5.27. The third-order valence-electron chi connectivity index (χ3n) is 4.80. The normalized spacial score (nSPS) is 10.3. The highest BCUT2D eigenvalue weighted by Gasteiger charge is 2.10. The average molecular weight is 459 g/mol. The molecule has 0 saturated carbocycles. The molecule has 0 unspecified atom stereocenters. The van der Waals surface area contributed by atoms with E-state index in [1.165, 1.54) is 0 Å². The van der Waals surface area contributed by atoms with Gasteiger partial charge in [0.25, 0.3) is 5.91 Å². The van der Waals surface area contributed by atoms with Gasteiger partial charge in [-0.05, 0) is 67.0 Å². The van der Waals surface area contributed by atoms with Crippen molar-refractivity contribution in [2.24, 2.45) is 0 Å². The van der Waals surface area contributed by atoms with Gasteiger partial charge in [-0.2, -0.15) is 0 Å². The van der Waals surface area contributed by atoms with E-state index in [9.17, 15) is 4.79 Å². The highest BCUT2D eigenvalue weighted by atomic mass is 32.1. The predicted octanol–water partition coefficient (Wildman–Crippen LogP) is 5.25. The van der Waals surface area contributed by atoms with E-state index >= 15 is 0 Å². The molecule has 1 amide bonds. The molecule has 0 aliphatic rings. The lowest BCUT2D eigenvalue weighted by molar-refractivity contribution is 0.0976. The summed E-state index contributed by atoms with van der Waals surface area (Å²) in [6.07, 6.45) is 5.40. The van der Waals surface area contributed by atoms with Crippen molar-refractivity contribution in [1.29, 1.82) is 0 Å². The van der Waals surface area contributed by atoms with Gasteiger partial charge in [0.15, 0.2) is 16.6 Å². The maximum atomic E-state index is 12.4. The Kier molecular flexibility index (Phi) is 11.4. The number of benzene rings is 2. The van der Waals surface area contributed by atoms with Crippen LogP contribution in [0.1, 0.15) is 61.9 Å². The molecule has 0 bridgehead atoms. The number of ether oxygens (including phenoxy) is 3. The van der Waals surface area contributed by atoms with E-state index in [4.69, 9.17) is 26.4 Å². The first-order valence-corrected chi connectivity index (χ1v) is 11.6. The zero-order valence-electron chi connectivity index (χ0n) is 19.2. The van der Waals surface area contributed by atoms with Crippen molar-refractivity contribution in [2.45, 2.75) is 52.5 Å². The lowest BCUT2D eigenvalue weighted by Crippen LogP contribution is -2.38. The highest BCUT2D eigenvalue weighted by Crippen LogP contribution is 2.28. The first-order valence-electron chi connectivity index (χ1n) is 11.2.